The van der Waals surface area contributed by atoms with E-state index in [-0.39, 0.29) is 11.9 Å². The molecule has 1 N–H and O–H groups in total. The van der Waals surface area contributed by atoms with Crippen LogP contribution in [-0.2, 0) is 6.42 Å². The summed E-state index contributed by atoms with van der Waals surface area (Å²) in [4.78, 5) is 22.3. The highest BCUT2D eigenvalue weighted by atomic mass is 16.1. The van der Waals surface area contributed by atoms with Gasteiger partial charge in [-0.25, -0.2) is 4.52 Å². The SMILES string of the molecule is Cc1cn2nc(C3Cc4c(C)cc(N5CCN(C)CC5)cc4C(=O)N3)cc2c(C)n1. The fourth-order valence-corrected chi connectivity index (χ4v) is 4.67. The molecule has 2 aromatic heterocycles. The van der Waals surface area contributed by atoms with Gasteiger partial charge in [-0.3, -0.25) is 9.78 Å². The molecular formula is C23H28N6O. The van der Waals surface area contributed by atoms with E-state index in [2.05, 4.69) is 46.2 Å². The van der Waals surface area contributed by atoms with Crippen molar-refractivity contribution in [1.82, 2.24) is 24.8 Å². The molecule has 0 spiro atoms. The van der Waals surface area contributed by atoms with Gasteiger partial charge in [-0.15, -0.1) is 0 Å². The van der Waals surface area contributed by atoms with Crippen molar-refractivity contribution >= 4 is 17.1 Å². The molecule has 5 rings (SSSR count). The lowest BCUT2D eigenvalue weighted by molar-refractivity contribution is 0.0923. The Morgan fingerprint density at radius 1 is 1.07 bits per heavy atom. The number of carbonyl (C=O) groups excluding carboxylic acids is 1. The molecule has 2 aliphatic heterocycles. The number of aromatic nitrogens is 3. The number of piperazine rings is 1. The molecule has 0 saturated carbocycles. The zero-order valence-electron chi connectivity index (χ0n) is 18.1. The smallest absolute Gasteiger partial charge is 0.252 e. The number of fused-ring (bicyclic) bond motifs is 2. The predicted octanol–water partition coefficient (Wildman–Crippen LogP) is 2.43. The van der Waals surface area contributed by atoms with E-state index in [1.54, 1.807) is 0 Å². The Hall–Kier alpha value is -2.93. The average molecular weight is 405 g/mol. The van der Waals surface area contributed by atoms with Gasteiger partial charge in [-0.2, -0.15) is 5.10 Å². The number of hydrogen-bond acceptors (Lipinski definition) is 5. The maximum absolute atomic E-state index is 13.1. The molecule has 2 aliphatic rings. The lowest BCUT2D eigenvalue weighted by Gasteiger charge is -2.35. The van der Waals surface area contributed by atoms with Crippen LogP contribution in [-0.4, -0.2) is 58.6 Å². The molecule has 0 radical (unpaired) electrons. The summed E-state index contributed by atoms with van der Waals surface area (Å²) in [6.07, 6.45) is 2.68. The molecule has 1 unspecified atom stereocenters. The third kappa shape index (κ3) is 3.23. The van der Waals surface area contributed by atoms with Gasteiger partial charge in [0.05, 0.1) is 34.8 Å². The van der Waals surface area contributed by atoms with E-state index in [1.165, 1.54) is 5.56 Å². The standard InChI is InChI=1S/C23H28N6O/c1-14-9-17(28-7-5-27(4)6-8-28)10-19-18(14)11-20(25-23(19)30)21-12-22-16(3)24-15(2)13-29(22)26-21/h9-10,12-13,20H,5-8,11H2,1-4H3,(H,25,30). The minimum Gasteiger partial charge on any atom is -0.369 e. The van der Waals surface area contributed by atoms with Crippen molar-refractivity contribution in [3.05, 3.63) is 58.2 Å². The number of nitrogens with one attached hydrogen (secondary N) is 1. The molecule has 3 aromatic rings. The second-order valence-corrected chi connectivity index (χ2v) is 8.68. The Labute approximate surface area is 176 Å². The minimum atomic E-state index is -0.127. The number of benzene rings is 1. The average Bonchev–Trinajstić information content (AvgIpc) is 3.13. The van der Waals surface area contributed by atoms with E-state index in [0.717, 1.165) is 72.0 Å². The van der Waals surface area contributed by atoms with Crippen LogP contribution in [0, 0.1) is 20.8 Å². The third-order valence-corrected chi connectivity index (χ3v) is 6.42. The van der Waals surface area contributed by atoms with Gasteiger partial charge >= 0.3 is 0 Å². The molecule has 0 bridgehead atoms. The lowest BCUT2D eigenvalue weighted by Crippen LogP contribution is -2.44. The fourth-order valence-electron chi connectivity index (χ4n) is 4.67. The number of anilines is 1. The Morgan fingerprint density at radius 3 is 2.60 bits per heavy atom. The van der Waals surface area contributed by atoms with Gasteiger partial charge in [-0.1, -0.05) is 0 Å². The van der Waals surface area contributed by atoms with Crippen molar-refractivity contribution in [1.29, 1.82) is 0 Å². The van der Waals surface area contributed by atoms with Crippen molar-refractivity contribution in [3.8, 4) is 0 Å². The van der Waals surface area contributed by atoms with Crippen molar-refractivity contribution in [2.75, 3.05) is 38.1 Å². The summed E-state index contributed by atoms with van der Waals surface area (Å²) in [5, 5.41) is 7.93. The number of amides is 1. The topological polar surface area (TPSA) is 65.8 Å². The summed E-state index contributed by atoms with van der Waals surface area (Å²) in [5.74, 6) is -0.0107. The van der Waals surface area contributed by atoms with Crippen LogP contribution in [0.2, 0.25) is 0 Å². The van der Waals surface area contributed by atoms with Gasteiger partial charge in [-0.05, 0) is 63.6 Å². The second-order valence-electron chi connectivity index (χ2n) is 8.68. The van der Waals surface area contributed by atoms with Crippen LogP contribution < -0.4 is 10.2 Å². The quantitative estimate of drug-likeness (QED) is 0.711. The minimum absolute atomic E-state index is 0.0107. The summed E-state index contributed by atoms with van der Waals surface area (Å²) in [6, 6.07) is 6.23. The summed E-state index contributed by atoms with van der Waals surface area (Å²) in [5.41, 5.74) is 8.01. The van der Waals surface area contributed by atoms with Gasteiger partial charge in [0.25, 0.3) is 5.91 Å². The number of carbonyl (C=O) groups is 1. The Kier molecular flexibility index (Phi) is 4.50. The van der Waals surface area contributed by atoms with Crippen LogP contribution in [0.25, 0.3) is 5.52 Å². The van der Waals surface area contributed by atoms with E-state index in [9.17, 15) is 4.79 Å². The molecular weight excluding hydrogens is 376 g/mol. The van der Waals surface area contributed by atoms with Gasteiger partial charge < -0.3 is 15.1 Å². The van der Waals surface area contributed by atoms with Crippen LogP contribution in [0.15, 0.2) is 24.4 Å². The van der Waals surface area contributed by atoms with Gasteiger partial charge in [0.1, 0.15) is 0 Å². The van der Waals surface area contributed by atoms with Crippen LogP contribution in [0.3, 0.4) is 0 Å². The van der Waals surface area contributed by atoms with Crippen LogP contribution in [0.1, 0.15) is 44.6 Å². The number of aryl methyl sites for hydroxylation is 3. The van der Waals surface area contributed by atoms with Crippen LogP contribution in [0.4, 0.5) is 5.69 Å². The van der Waals surface area contributed by atoms with Crippen molar-refractivity contribution < 1.29 is 4.79 Å². The third-order valence-electron chi connectivity index (χ3n) is 6.42. The highest BCUT2D eigenvalue weighted by molar-refractivity contribution is 5.98. The van der Waals surface area contributed by atoms with E-state index in [0.29, 0.717) is 0 Å². The summed E-state index contributed by atoms with van der Waals surface area (Å²) in [7, 11) is 2.15. The molecule has 0 aliphatic carbocycles. The van der Waals surface area contributed by atoms with Crippen molar-refractivity contribution in [3.63, 3.8) is 0 Å². The highest BCUT2D eigenvalue weighted by Gasteiger charge is 2.29. The Balaban J connectivity index is 1.47. The molecule has 4 heterocycles. The number of nitrogens with zero attached hydrogens (tertiary/aromatic N) is 5. The lowest BCUT2D eigenvalue weighted by atomic mass is 9.89. The molecule has 156 valence electrons. The Bertz CT molecular complexity index is 1140. The predicted molar refractivity (Wildman–Crippen MR) is 117 cm³/mol. The number of hydrogen-bond donors (Lipinski definition) is 1. The summed E-state index contributed by atoms with van der Waals surface area (Å²) >= 11 is 0. The number of rotatable bonds is 2. The van der Waals surface area contributed by atoms with Gasteiger partial charge in [0.15, 0.2) is 0 Å². The van der Waals surface area contributed by atoms with Crippen molar-refractivity contribution in [2.24, 2.45) is 0 Å². The van der Waals surface area contributed by atoms with Gasteiger partial charge in [0, 0.05) is 37.4 Å². The summed E-state index contributed by atoms with van der Waals surface area (Å²) < 4.78 is 1.87. The molecule has 7 nitrogen and oxygen atoms in total. The molecule has 1 saturated heterocycles. The molecule has 1 fully saturated rings. The first-order chi connectivity index (χ1) is 14.4. The Morgan fingerprint density at radius 2 is 1.83 bits per heavy atom. The molecule has 1 amide bonds. The van der Waals surface area contributed by atoms with Crippen LogP contribution in [0.5, 0.6) is 0 Å². The fraction of sp³-hybridized carbons (Fsp3) is 0.435. The first-order valence-electron chi connectivity index (χ1n) is 10.6. The van der Waals surface area contributed by atoms with Crippen LogP contribution >= 0.6 is 0 Å². The largest absolute Gasteiger partial charge is 0.369 e. The van der Waals surface area contributed by atoms with Gasteiger partial charge in [0.2, 0.25) is 0 Å². The zero-order valence-corrected chi connectivity index (χ0v) is 18.1. The van der Waals surface area contributed by atoms with E-state index in [4.69, 9.17) is 5.10 Å². The monoisotopic (exact) mass is 404 g/mol. The first kappa shape index (κ1) is 19.1. The number of likely N-dealkylation sites (N-methyl/N-ethyl adjacent to an activating group) is 1. The first-order valence-corrected chi connectivity index (χ1v) is 10.6. The highest BCUT2D eigenvalue weighted by Crippen LogP contribution is 2.32. The maximum Gasteiger partial charge on any atom is 0.252 e. The van der Waals surface area contributed by atoms with E-state index >= 15 is 0 Å². The van der Waals surface area contributed by atoms with Crippen molar-refractivity contribution in [2.45, 2.75) is 33.2 Å². The molecule has 1 aromatic carbocycles. The summed E-state index contributed by atoms with van der Waals surface area (Å²) in [6.45, 7) is 10.2. The molecule has 7 heteroatoms. The second kappa shape index (κ2) is 7.09. The normalized spacial score (nSPS) is 19.8. The molecule has 30 heavy (non-hydrogen) atoms. The van der Waals surface area contributed by atoms with E-state index < -0.39 is 0 Å². The van der Waals surface area contributed by atoms with E-state index in [1.807, 2.05) is 30.6 Å². The molecule has 1 atom stereocenters. The zero-order chi connectivity index (χ0) is 21.0. The maximum atomic E-state index is 13.1.